The second-order valence-corrected chi connectivity index (χ2v) is 6.02. The number of hydrogen-bond acceptors (Lipinski definition) is 6. The number of nitrogens with zero attached hydrogens (tertiary/aromatic N) is 8. The lowest BCUT2D eigenvalue weighted by Crippen LogP contribution is -2.11. The highest BCUT2D eigenvalue weighted by Gasteiger charge is 2.16. The van der Waals surface area contributed by atoms with Crippen molar-refractivity contribution in [1.29, 1.82) is 0 Å². The van der Waals surface area contributed by atoms with E-state index >= 15 is 0 Å². The van der Waals surface area contributed by atoms with E-state index in [0.717, 1.165) is 33.5 Å². The summed E-state index contributed by atoms with van der Waals surface area (Å²) in [6.45, 7) is 3.81. The van der Waals surface area contributed by atoms with Crippen LogP contribution in [0.2, 0.25) is 0 Å². The van der Waals surface area contributed by atoms with Crippen LogP contribution in [0.1, 0.15) is 11.4 Å². The first kappa shape index (κ1) is 14.6. The minimum Gasteiger partial charge on any atom is -0.228 e. The van der Waals surface area contributed by atoms with Crippen LogP contribution in [0.15, 0.2) is 48.5 Å². The highest BCUT2D eigenvalue weighted by Crippen LogP contribution is 2.21. The Kier molecular flexibility index (Phi) is 3.05. The van der Waals surface area contributed by atoms with Gasteiger partial charge in [0.2, 0.25) is 0 Å². The van der Waals surface area contributed by atoms with Crippen LogP contribution in [-0.2, 0) is 0 Å². The molecule has 0 spiro atoms. The zero-order valence-electron chi connectivity index (χ0n) is 14.2. The minimum atomic E-state index is 0.657. The quantitative estimate of drug-likeness (QED) is 0.490. The van der Waals surface area contributed by atoms with Crippen LogP contribution in [0, 0.1) is 13.8 Å². The molecule has 3 aromatic heterocycles. The molecule has 3 heterocycles. The summed E-state index contributed by atoms with van der Waals surface area (Å²) < 4.78 is 3.43. The first-order chi connectivity index (χ1) is 12.7. The van der Waals surface area contributed by atoms with Crippen molar-refractivity contribution in [2.24, 2.45) is 0 Å². The van der Waals surface area contributed by atoms with Gasteiger partial charge in [-0.25, -0.2) is 9.97 Å². The second-order valence-electron chi connectivity index (χ2n) is 6.02. The molecule has 0 amide bonds. The molecular weight excluding hydrogens is 328 g/mol. The van der Waals surface area contributed by atoms with Gasteiger partial charge in [-0.15, -0.1) is 10.2 Å². The van der Waals surface area contributed by atoms with Gasteiger partial charge in [0, 0.05) is 0 Å². The molecule has 0 fully saturated rings. The van der Waals surface area contributed by atoms with Gasteiger partial charge in [-0.1, -0.05) is 34.7 Å². The SMILES string of the molecule is Cc1nc(-n2nnc3ccccc32)c(C)nc1-n1nnc2ccccc21. The van der Waals surface area contributed by atoms with E-state index in [0.29, 0.717) is 11.6 Å². The van der Waals surface area contributed by atoms with Crippen molar-refractivity contribution < 1.29 is 0 Å². The molecule has 5 aromatic rings. The number of aryl methyl sites for hydroxylation is 2. The molecule has 0 saturated heterocycles. The largest absolute Gasteiger partial charge is 0.228 e. The Hall–Kier alpha value is -3.68. The van der Waals surface area contributed by atoms with Crippen LogP contribution in [0.5, 0.6) is 0 Å². The lowest BCUT2D eigenvalue weighted by Gasteiger charge is -2.10. The topological polar surface area (TPSA) is 87.2 Å². The second kappa shape index (κ2) is 5.41. The zero-order chi connectivity index (χ0) is 17.7. The van der Waals surface area contributed by atoms with E-state index in [1.54, 1.807) is 9.36 Å². The van der Waals surface area contributed by atoms with Gasteiger partial charge in [-0.3, -0.25) is 0 Å². The number of hydrogen-bond donors (Lipinski definition) is 0. The average molecular weight is 342 g/mol. The Morgan fingerprint density at radius 2 is 1.04 bits per heavy atom. The van der Waals surface area contributed by atoms with Crippen molar-refractivity contribution in [3.63, 3.8) is 0 Å². The first-order valence-electron chi connectivity index (χ1n) is 8.19. The van der Waals surface area contributed by atoms with E-state index in [1.165, 1.54) is 0 Å². The fourth-order valence-corrected chi connectivity index (χ4v) is 3.03. The van der Waals surface area contributed by atoms with Crippen molar-refractivity contribution in [2.45, 2.75) is 13.8 Å². The van der Waals surface area contributed by atoms with E-state index in [2.05, 4.69) is 20.6 Å². The summed E-state index contributed by atoms with van der Waals surface area (Å²) in [5.41, 5.74) is 4.89. The molecule has 0 radical (unpaired) electrons. The van der Waals surface area contributed by atoms with Gasteiger partial charge in [0.1, 0.15) is 11.0 Å². The molecule has 26 heavy (non-hydrogen) atoms. The van der Waals surface area contributed by atoms with E-state index in [4.69, 9.17) is 9.97 Å². The predicted molar refractivity (Wildman–Crippen MR) is 96.4 cm³/mol. The average Bonchev–Trinajstić information content (AvgIpc) is 3.27. The summed E-state index contributed by atoms with van der Waals surface area (Å²) in [6, 6.07) is 15.5. The number of aromatic nitrogens is 8. The third-order valence-electron chi connectivity index (χ3n) is 4.30. The number of benzene rings is 2. The van der Waals surface area contributed by atoms with Crippen molar-refractivity contribution in [3.05, 3.63) is 59.9 Å². The molecule has 0 unspecified atom stereocenters. The summed E-state index contributed by atoms with van der Waals surface area (Å²) in [6.07, 6.45) is 0. The molecule has 0 aliphatic carbocycles. The van der Waals surface area contributed by atoms with Gasteiger partial charge in [0.25, 0.3) is 0 Å². The van der Waals surface area contributed by atoms with Crippen molar-refractivity contribution >= 4 is 22.1 Å². The van der Waals surface area contributed by atoms with Crippen LogP contribution in [0.25, 0.3) is 33.7 Å². The Morgan fingerprint density at radius 3 is 1.50 bits per heavy atom. The monoisotopic (exact) mass is 342 g/mol. The molecular formula is C18H14N8. The molecule has 8 heteroatoms. The zero-order valence-corrected chi connectivity index (χ0v) is 14.2. The molecule has 2 aromatic carbocycles. The van der Waals surface area contributed by atoms with Crippen LogP contribution in [-0.4, -0.2) is 40.0 Å². The van der Waals surface area contributed by atoms with Crippen molar-refractivity contribution in [3.8, 4) is 11.6 Å². The summed E-state index contributed by atoms with van der Waals surface area (Å²) >= 11 is 0. The van der Waals surface area contributed by atoms with Gasteiger partial charge >= 0.3 is 0 Å². The molecule has 0 saturated carbocycles. The number of para-hydroxylation sites is 2. The van der Waals surface area contributed by atoms with Gasteiger partial charge in [0.05, 0.1) is 22.4 Å². The van der Waals surface area contributed by atoms with Crippen molar-refractivity contribution in [2.75, 3.05) is 0 Å². The molecule has 0 atom stereocenters. The van der Waals surface area contributed by atoms with E-state index in [1.807, 2.05) is 62.4 Å². The first-order valence-corrected chi connectivity index (χ1v) is 8.19. The Labute approximate surface area is 148 Å². The number of rotatable bonds is 2. The van der Waals surface area contributed by atoms with Gasteiger partial charge in [0.15, 0.2) is 11.6 Å². The van der Waals surface area contributed by atoms with E-state index in [9.17, 15) is 0 Å². The minimum absolute atomic E-state index is 0.657. The summed E-state index contributed by atoms with van der Waals surface area (Å²) in [5.74, 6) is 1.31. The molecule has 0 aliphatic rings. The van der Waals surface area contributed by atoms with Crippen LogP contribution >= 0.6 is 0 Å². The Bertz CT molecular complexity index is 1170. The van der Waals surface area contributed by atoms with Gasteiger partial charge < -0.3 is 0 Å². The molecule has 8 nitrogen and oxygen atoms in total. The molecule has 5 rings (SSSR count). The lowest BCUT2D eigenvalue weighted by atomic mass is 10.3. The smallest absolute Gasteiger partial charge is 0.177 e. The van der Waals surface area contributed by atoms with Crippen LogP contribution < -0.4 is 0 Å². The van der Waals surface area contributed by atoms with E-state index in [-0.39, 0.29) is 0 Å². The predicted octanol–water partition coefficient (Wildman–Crippen LogP) is 2.56. The third kappa shape index (κ3) is 2.08. The van der Waals surface area contributed by atoms with Gasteiger partial charge in [-0.05, 0) is 38.1 Å². The molecule has 0 aliphatic heterocycles. The van der Waals surface area contributed by atoms with Gasteiger partial charge in [-0.2, -0.15) is 9.36 Å². The molecule has 126 valence electrons. The summed E-state index contributed by atoms with van der Waals surface area (Å²) in [4.78, 5) is 9.47. The van der Waals surface area contributed by atoms with Crippen LogP contribution in [0.4, 0.5) is 0 Å². The lowest BCUT2D eigenvalue weighted by molar-refractivity contribution is 0.749. The Balaban J connectivity index is 1.71. The maximum Gasteiger partial charge on any atom is 0.177 e. The Morgan fingerprint density at radius 1 is 0.615 bits per heavy atom. The van der Waals surface area contributed by atoms with Crippen LogP contribution in [0.3, 0.4) is 0 Å². The molecule has 0 N–H and O–H groups in total. The summed E-state index contributed by atoms with van der Waals surface area (Å²) in [7, 11) is 0. The standard InChI is InChI=1S/C18H14N8/c1-11-17(25-15-9-5-3-7-13(15)21-23-25)20-12(2)18(19-11)26-16-10-6-4-8-14(16)22-24-26/h3-10H,1-2H3. The fraction of sp³-hybridized carbons (Fsp3) is 0.111. The fourth-order valence-electron chi connectivity index (χ4n) is 3.03. The maximum absolute atomic E-state index is 4.74. The molecule has 0 bridgehead atoms. The van der Waals surface area contributed by atoms with E-state index < -0.39 is 0 Å². The summed E-state index contributed by atoms with van der Waals surface area (Å²) in [5, 5.41) is 16.9. The highest BCUT2D eigenvalue weighted by atomic mass is 15.5. The number of fused-ring (bicyclic) bond motifs is 2. The maximum atomic E-state index is 4.74. The highest BCUT2D eigenvalue weighted by molar-refractivity contribution is 5.76. The van der Waals surface area contributed by atoms with Crippen molar-refractivity contribution in [1.82, 2.24) is 40.0 Å². The third-order valence-corrected chi connectivity index (χ3v) is 4.30. The normalized spacial score (nSPS) is 11.5.